The molecule has 0 aliphatic carbocycles. The first-order valence-corrected chi connectivity index (χ1v) is 13.2. The van der Waals surface area contributed by atoms with Crippen LogP contribution in [-0.4, -0.2) is 51.7 Å². The highest BCUT2D eigenvalue weighted by atomic mass is 35.5. The summed E-state index contributed by atoms with van der Waals surface area (Å²) in [6, 6.07) is 16.5. The molecule has 0 spiro atoms. The zero-order valence-electron chi connectivity index (χ0n) is 22.4. The van der Waals surface area contributed by atoms with Gasteiger partial charge in [-0.2, -0.15) is 5.10 Å². The Morgan fingerprint density at radius 2 is 1.90 bits per heavy atom. The van der Waals surface area contributed by atoms with Crippen LogP contribution in [0.25, 0.3) is 16.8 Å². The Morgan fingerprint density at radius 3 is 2.64 bits per heavy atom. The first kappa shape index (κ1) is 28.1. The second-order valence-electron chi connectivity index (χ2n) is 10.1. The van der Waals surface area contributed by atoms with Crippen LogP contribution in [0, 0.1) is 0 Å². The van der Waals surface area contributed by atoms with E-state index in [1.165, 1.54) is 0 Å². The number of benzene rings is 2. The van der Waals surface area contributed by atoms with E-state index in [1.807, 2.05) is 68.1 Å². The Balaban J connectivity index is 1.57. The molecule has 9 nitrogen and oxygen atoms in total. The van der Waals surface area contributed by atoms with Crippen LogP contribution in [0.2, 0.25) is 5.02 Å². The molecule has 0 radical (unpaired) electrons. The van der Waals surface area contributed by atoms with Crippen molar-refractivity contribution in [1.29, 1.82) is 0 Å². The number of fused-ring (bicyclic) bond motifs is 1. The fourth-order valence-electron chi connectivity index (χ4n) is 4.15. The topological polar surface area (TPSA) is 115 Å². The number of halogens is 1. The van der Waals surface area contributed by atoms with Gasteiger partial charge in [-0.15, -0.1) is 0 Å². The number of hydrogen-bond acceptors (Lipinski definition) is 7. The molecule has 39 heavy (non-hydrogen) atoms. The van der Waals surface area contributed by atoms with Gasteiger partial charge in [0.2, 0.25) is 0 Å². The first-order chi connectivity index (χ1) is 18.6. The standard InChI is InChI=1S/C29H33ClN6O3/c1-29(2,3)39-26(37)13-16-35(15-7-14-31)25-11-5-4-10-23(25)34-28(38)24-12-17-36-27(33-24)22(19-32-36)20-8-6-9-21(30)18-20/h4-6,8-12,17-19H,7,13-16,31H2,1-3H3,(H,34,38). The van der Waals surface area contributed by atoms with Gasteiger partial charge >= 0.3 is 5.97 Å². The van der Waals surface area contributed by atoms with Crippen molar-refractivity contribution in [2.75, 3.05) is 29.9 Å². The van der Waals surface area contributed by atoms with Crippen LogP contribution >= 0.6 is 11.6 Å². The predicted octanol–water partition coefficient (Wildman–Crippen LogP) is 5.19. The molecule has 0 saturated carbocycles. The second-order valence-corrected chi connectivity index (χ2v) is 10.5. The lowest BCUT2D eigenvalue weighted by atomic mass is 10.1. The monoisotopic (exact) mass is 548 g/mol. The number of anilines is 2. The summed E-state index contributed by atoms with van der Waals surface area (Å²) >= 11 is 6.18. The Hall–Kier alpha value is -3.95. The molecule has 0 unspecified atom stereocenters. The molecule has 0 atom stereocenters. The molecule has 1 amide bonds. The number of amides is 1. The number of ether oxygens (including phenoxy) is 1. The van der Waals surface area contributed by atoms with Gasteiger partial charge in [0.25, 0.3) is 5.91 Å². The fourth-order valence-corrected chi connectivity index (χ4v) is 4.34. The van der Waals surface area contributed by atoms with Crippen molar-refractivity contribution in [3.8, 4) is 11.1 Å². The van der Waals surface area contributed by atoms with E-state index in [-0.39, 0.29) is 24.0 Å². The average molecular weight is 549 g/mol. The summed E-state index contributed by atoms with van der Waals surface area (Å²) in [7, 11) is 0. The van der Waals surface area contributed by atoms with Gasteiger partial charge < -0.3 is 20.7 Å². The van der Waals surface area contributed by atoms with Gasteiger partial charge in [0.1, 0.15) is 11.3 Å². The Labute approximate surface area is 232 Å². The Kier molecular flexibility index (Phi) is 8.83. The van der Waals surface area contributed by atoms with E-state index in [2.05, 4.69) is 15.4 Å². The van der Waals surface area contributed by atoms with Gasteiger partial charge in [-0.1, -0.05) is 35.9 Å². The Morgan fingerprint density at radius 1 is 1.10 bits per heavy atom. The zero-order chi connectivity index (χ0) is 28.0. The highest BCUT2D eigenvalue weighted by Crippen LogP contribution is 2.28. The molecule has 0 bridgehead atoms. The summed E-state index contributed by atoms with van der Waals surface area (Å²) < 4.78 is 7.09. The van der Waals surface area contributed by atoms with Gasteiger partial charge in [0.05, 0.1) is 24.0 Å². The lowest BCUT2D eigenvalue weighted by Crippen LogP contribution is -2.32. The van der Waals surface area contributed by atoms with Crippen molar-refractivity contribution < 1.29 is 14.3 Å². The third-order valence-corrected chi connectivity index (χ3v) is 6.10. The zero-order valence-corrected chi connectivity index (χ0v) is 23.1. The number of carbonyl (C=O) groups is 2. The molecule has 10 heteroatoms. The number of aromatic nitrogens is 3. The Bertz CT molecular complexity index is 1460. The molecular formula is C29H33ClN6O3. The van der Waals surface area contributed by atoms with Crippen molar-refractivity contribution in [1.82, 2.24) is 14.6 Å². The van der Waals surface area contributed by atoms with Gasteiger partial charge in [-0.3, -0.25) is 9.59 Å². The minimum absolute atomic E-state index is 0.204. The van der Waals surface area contributed by atoms with Crippen LogP contribution in [-0.2, 0) is 9.53 Å². The lowest BCUT2D eigenvalue weighted by molar-refractivity contribution is -0.154. The molecule has 2 aromatic carbocycles. The SMILES string of the molecule is CC(C)(C)OC(=O)CCN(CCCN)c1ccccc1NC(=O)c1ccn2ncc(-c3cccc(Cl)c3)c2n1. The van der Waals surface area contributed by atoms with Gasteiger partial charge in [-0.25, -0.2) is 9.50 Å². The summed E-state index contributed by atoms with van der Waals surface area (Å²) in [6.07, 6.45) is 4.33. The predicted molar refractivity (Wildman–Crippen MR) is 154 cm³/mol. The maximum absolute atomic E-state index is 13.4. The highest BCUT2D eigenvalue weighted by Gasteiger charge is 2.20. The molecule has 0 fully saturated rings. The van der Waals surface area contributed by atoms with E-state index in [4.69, 9.17) is 22.1 Å². The van der Waals surface area contributed by atoms with Crippen LogP contribution in [0.1, 0.15) is 44.1 Å². The summed E-state index contributed by atoms with van der Waals surface area (Å²) in [6.45, 7) is 7.07. The third-order valence-electron chi connectivity index (χ3n) is 5.87. The first-order valence-electron chi connectivity index (χ1n) is 12.8. The molecule has 0 saturated heterocycles. The molecule has 4 aromatic rings. The molecule has 0 aliphatic heterocycles. The maximum atomic E-state index is 13.4. The van der Waals surface area contributed by atoms with Crippen LogP contribution < -0.4 is 16.0 Å². The smallest absolute Gasteiger partial charge is 0.308 e. The van der Waals surface area contributed by atoms with Crippen molar-refractivity contribution in [2.24, 2.45) is 5.73 Å². The lowest BCUT2D eigenvalue weighted by Gasteiger charge is -2.27. The average Bonchev–Trinajstić information content (AvgIpc) is 3.32. The number of nitrogens with zero attached hydrogens (tertiary/aromatic N) is 4. The summed E-state index contributed by atoms with van der Waals surface area (Å²) in [4.78, 5) is 32.4. The summed E-state index contributed by atoms with van der Waals surface area (Å²) in [5.74, 6) is -0.648. The number of nitrogens with one attached hydrogen (secondary N) is 1. The van der Waals surface area contributed by atoms with Gasteiger partial charge in [-0.05, 0) is 69.6 Å². The van der Waals surface area contributed by atoms with Crippen molar-refractivity contribution >= 4 is 40.5 Å². The minimum atomic E-state index is -0.554. The number of esters is 1. The van der Waals surface area contributed by atoms with Gasteiger partial charge in [0, 0.05) is 29.9 Å². The molecule has 3 N–H and O–H groups in total. The fraction of sp³-hybridized carbons (Fsp3) is 0.310. The normalized spacial score (nSPS) is 11.4. The van der Waals surface area contributed by atoms with Crippen LogP contribution in [0.3, 0.4) is 0 Å². The molecule has 204 valence electrons. The third kappa shape index (κ3) is 7.34. The minimum Gasteiger partial charge on any atom is -0.460 e. The van der Waals surface area contributed by atoms with E-state index < -0.39 is 5.60 Å². The molecule has 2 heterocycles. The van der Waals surface area contributed by atoms with Crippen LogP contribution in [0.15, 0.2) is 67.0 Å². The number of carbonyl (C=O) groups excluding carboxylic acids is 2. The quantitative estimate of drug-likeness (QED) is 0.262. The van der Waals surface area contributed by atoms with Gasteiger partial charge in [0.15, 0.2) is 5.65 Å². The number of para-hydroxylation sites is 2. The highest BCUT2D eigenvalue weighted by molar-refractivity contribution is 6.30. The second kappa shape index (κ2) is 12.3. The van der Waals surface area contributed by atoms with Crippen LogP contribution in [0.4, 0.5) is 11.4 Å². The summed E-state index contributed by atoms with van der Waals surface area (Å²) in [5, 5.41) is 7.95. The number of rotatable bonds is 10. The maximum Gasteiger partial charge on any atom is 0.308 e. The largest absolute Gasteiger partial charge is 0.460 e. The molecule has 4 rings (SSSR count). The number of hydrogen-bond donors (Lipinski definition) is 2. The van der Waals surface area contributed by atoms with Crippen molar-refractivity contribution in [2.45, 2.75) is 39.2 Å². The molecular weight excluding hydrogens is 516 g/mol. The van der Waals surface area contributed by atoms with E-state index >= 15 is 0 Å². The molecule has 2 aromatic heterocycles. The van der Waals surface area contributed by atoms with Crippen molar-refractivity contribution in [3.05, 3.63) is 77.7 Å². The summed E-state index contributed by atoms with van der Waals surface area (Å²) in [5.41, 5.74) is 9.02. The molecule has 0 aliphatic rings. The number of nitrogens with two attached hydrogens (primary N) is 1. The van der Waals surface area contributed by atoms with Crippen molar-refractivity contribution in [3.63, 3.8) is 0 Å². The van der Waals surface area contributed by atoms with E-state index in [1.54, 1.807) is 29.0 Å². The van der Waals surface area contributed by atoms with E-state index in [9.17, 15) is 9.59 Å². The van der Waals surface area contributed by atoms with Crippen LogP contribution in [0.5, 0.6) is 0 Å². The van der Waals surface area contributed by atoms with E-state index in [0.717, 1.165) is 23.2 Å². The van der Waals surface area contributed by atoms with E-state index in [0.29, 0.717) is 36.0 Å².